The van der Waals surface area contributed by atoms with E-state index in [-0.39, 0.29) is 15.5 Å². The summed E-state index contributed by atoms with van der Waals surface area (Å²) in [4.78, 5) is 12.0. The van der Waals surface area contributed by atoms with Gasteiger partial charge in [0.2, 0.25) is 0 Å². The first-order chi connectivity index (χ1) is 8.50. The first-order valence-electron chi connectivity index (χ1n) is 6.43. The van der Waals surface area contributed by atoms with Gasteiger partial charge in [0.25, 0.3) is 0 Å². The minimum Gasteiger partial charge on any atom is -0.465 e. The third kappa shape index (κ3) is 2.72. The molecule has 3 heteroatoms. The Hall–Kier alpha value is -0.960. The van der Waals surface area contributed by atoms with Crippen molar-refractivity contribution in [1.29, 1.82) is 0 Å². The molecule has 0 spiro atoms. The number of ether oxygens (including phenoxy) is 1. The van der Waals surface area contributed by atoms with Gasteiger partial charge in [0, 0.05) is 4.75 Å². The number of benzene rings is 1. The Morgan fingerprint density at radius 3 is 2.44 bits per heavy atom. The van der Waals surface area contributed by atoms with E-state index < -0.39 is 0 Å². The summed E-state index contributed by atoms with van der Waals surface area (Å²) >= 11 is 1.74. The second kappa shape index (κ2) is 4.96. The van der Waals surface area contributed by atoms with Gasteiger partial charge in [-0.25, -0.2) is 0 Å². The fourth-order valence-corrected chi connectivity index (χ4v) is 3.79. The van der Waals surface area contributed by atoms with E-state index in [9.17, 15) is 4.79 Å². The average Bonchev–Trinajstić information content (AvgIpc) is 3.11. The van der Waals surface area contributed by atoms with Crippen molar-refractivity contribution < 1.29 is 9.53 Å². The van der Waals surface area contributed by atoms with Crippen LogP contribution in [0.4, 0.5) is 0 Å². The van der Waals surface area contributed by atoms with Crippen molar-refractivity contribution in [2.75, 3.05) is 6.61 Å². The predicted octanol–water partition coefficient (Wildman–Crippen LogP) is 3.75. The van der Waals surface area contributed by atoms with Gasteiger partial charge in [0.05, 0.1) is 6.61 Å². The second-order valence-corrected chi connectivity index (χ2v) is 7.20. The van der Waals surface area contributed by atoms with E-state index in [4.69, 9.17) is 4.74 Å². The SMILES string of the molecule is CCOC(=O)C1(SC(C)(C)c2ccccc2)CC1. The smallest absolute Gasteiger partial charge is 0.322 e. The van der Waals surface area contributed by atoms with Crippen molar-refractivity contribution in [3.05, 3.63) is 35.9 Å². The van der Waals surface area contributed by atoms with E-state index in [1.807, 2.05) is 25.1 Å². The Bertz CT molecular complexity index is 421. The van der Waals surface area contributed by atoms with Gasteiger partial charge in [-0.15, -0.1) is 11.8 Å². The molecule has 0 radical (unpaired) electrons. The van der Waals surface area contributed by atoms with Crippen molar-refractivity contribution in [3.8, 4) is 0 Å². The molecule has 1 saturated carbocycles. The van der Waals surface area contributed by atoms with Crippen molar-refractivity contribution in [2.45, 2.75) is 43.1 Å². The molecule has 0 bridgehead atoms. The zero-order valence-electron chi connectivity index (χ0n) is 11.2. The van der Waals surface area contributed by atoms with Crippen LogP contribution < -0.4 is 0 Å². The summed E-state index contributed by atoms with van der Waals surface area (Å²) in [6, 6.07) is 10.3. The second-order valence-electron chi connectivity index (χ2n) is 5.19. The van der Waals surface area contributed by atoms with E-state index in [2.05, 4.69) is 26.0 Å². The minimum atomic E-state index is -0.296. The molecule has 2 nitrogen and oxygen atoms in total. The van der Waals surface area contributed by atoms with Gasteiger partial charge in [-0.2, -0.15) is 0 Å². The minimum absolute atomic E-state index is 0.0426. The van der Waals surface area contributed by atoms with Crippen molar-refractivity contribution in [3.63, 3.8) is 0 Å². The highest BCUT2D eigenvalue weighted by Crippen LogP contribution is 2.57. The van der Waals surface area contributed by atoms with Gasteiger partial charge in [-0.1, -0.05) is 30.3 Å². The van der Waals surface area contributed by atoms with E-state index >= 15 is 0 Å². The van der Waals surface area contributed by atoms with Crippen LogP contribution in [0.15, 0.2) is 30.3 Å². The maximum Gasteiger partial charge on any atom is 0.322 e. The van der Waals surface area contributed by atoms with Crippen LogP contribution in [0.5, 0.6) is 0 Å². The zero-order chi connectivity index (χ0) is 13.2. The number of esters is 1. The number of rotatable bonds is 5. The molecule has 2 rings (SSSR count). The van der Waals surface area contributed by atoms with Gasteiger partial charge in [-0.3, -0.25) is 4.79 Å². The van der Waals surface area contributed by atoms with E-state index in [0.29, 0.717) is 6.61 Å². The van der Waals surface area contributed by atoms with E-state index in [1.54, 1.807) is 11.8 Å². The first-order valence-corrected chi connectivity index (χ1v) is 7.25. The topological polar surface area (TPSA) is 26.3 Å². The van der Waals surface area contributed by atoms with Crippen LogP contribution in [0.3, 0.4) is 0 Å². The van der Waals surface area contributed by atoms with Gasteiger partial charge < -0.3 is 4.74 Å². The molecule has 0 aliphatic heterocycles. The molecule has 1 aliphatic carbocycles. The molecular formula is C15H20O2S. The molecule has 98 valence electrons. The lowest BCUT2D eigenvalue weighted by Crippen LogP contribution is -2.27. The van der Waals surface area contributed by atoms with Gasteiger partial charge in [-0.05, 0) is 39.2 Å². The van der Waals surface area contributed by atoms with Crippen molar-refractivity contribution in [2.24, 2.45) is 0 Å². The molecule has 0 heterocycles. The Morgan fingerprint density at radius 1 is 1.33 bits per heavy atom. The van der Waals surface area contributed by atoms with E-state index in [1.165, 1.54) is 5.56 Å². The fraction of sp³-hybridized carbons (Fsp3) is 0.533. The lowest BCUT2D eigenvalue weighted by Gasteiger charge is -2.29. The quantitative estimate of drug-likeness (QED) is 0.758. The molecular weight excluding hydrogens is 244 g/mol. The monoisotopic (exact) mass is 264 g/mol. The molecule has 0 aromatic heterocycles. The molecule has 1 aromatic rings. The average molecular weight is 264 g/mol. The van der Waals surface area contributed by atoms with Crippen LogP contribution in [-0.4, -0.2) is 17.3 Å². The third-order valence-corrected chi connectivity index (χ3v) is 4.98. The Morgan fingerprint density at radius 2 is 1.94 bits per heavy atom. The summed E-state index contributed by atoms with van der Waals surface area (Å²) in [5, 5.41) is 0. The highest BCUT2D eigenvalue weighted by Gasteiger charge is 2.55. The Balaban J connectivity index is 2.11. The molecule has 0 amide bonds. The third-order valence-electron chi connectivity index (χ3n) is 3.27. The van der Waals surface area contributed by atoms with Crippen molar-refractivity contribution in [1.82, 2.24) is 0 Å². The summed E-state index contributed by atoms with van der Waals surface area (Å²) in [7, 11) is 0. The largest absolute Gasteiger partial charge is 0.465 e. The van der Waals surface area contributed by atoms with Gasteiger partial charge in [0.1, 0.15) is 4.75 Å². The number of hydrogen-bond donors (Lipinski definition) is 0. The maximum atomic E-state index is 12.0. The molecule has 1 aromatic carbocycles. The van der Waals surface area contributed by atoms with Crippen molar-refractivity contribution >= 4 is 17.7 Å². The summed E-state index contributed by atoms with van der Waals surface area (Å²) < 4.78 is 4.83. The van der Waals surface area contributed by atoms with Crippen LogP contribution in [0, 0.1) is 0 Å². The molecule has 18 heavy (non-hydrogen) atoms. The van der Waals surface area contributed by atoms with Crippen LogP contribution in [0.25, 0.3) is 0 Å². The number of carbonyl (C=O) groups excluding carboxylic acids is 1. The van der Waals surface area contributed by atoms with E-state index in [0.717, 1.165) is 12.8 Å². The first kappa shape index (κ1) is 13.5. The lowest BCUT2D eigenvalue weighted by atomic mass is 10.0. The Labute approximate surface area is 113 Å². The fourth-order valence-electron chi connectivity index (χ4n) is 2.11. The number of thioether (sulfide) groups is 1. The predicted molar refractivity (Wildman–Crippen MR) is 75.7 cm³/mol. The molecule has 0 N–H and O–H groups in total. The summed E-state index contributed by atoms with van der Waals surface area (Å²) in [6.45, 7) is 6.67. The standard InChI is InChI=1S/C15H20O2S/c1-4-17-13(16)15(10-11-15)18-14(2,3)12-8-6-5-7-9-12/h5-9H,4,10-11H2,1-3H3. The van der Waals surface area contributed by atoms with Crippen LogP contribution in [-0.2, 0) is 14.3 Å². The summed E-state index contributed by atoms with van der Waals surface area (Å²) in [5.41, 5.74) is 1.26. The summed E-state index contributed by atoms with van der Waals surface area (Å²) in [5.74, 6) is -0.0426. The molecule has 1 fully saturated rings. The normalized spacial score (nSPS) is 17.3. The highest BCUT2D eigenvalue weighted by atomic mass is 32.2. The molecule has 1 aliphatic rings. The van der Waals surface area contributed by atoms with Gasteiger partial charge >= 0.3 is 5.97 Å². The summed E-state index contributed by atoms with van der Waals surface area (Å²) in [6.07, 6.45) is 1.87. The van der Waals surface area contributed by atoms with Gasteiger partial charge in [0.15, 0.2) is 0 Å². The highest BCUT2D eigenvalue weighted by molar-refractivity contribution is 8.02. The molecule has 0 saturated heterocycles. The lowest BCUT2D eigenvalue weighted by molar-refractivity contribution is -0.143. The molecule has 0 atom stereocenters. The number of hydrogen-bond acceptors (Lipinski definition) is 3. The van der Waals surface area contributed by atoms with Crippen LogP contribution >= 0.6 is 11.8 Å². The number of carbonyl (C=O) groups is 1. The van der Waals surface area contributed by atoms with Crippen LogP contribution in [0.1, 0.15) is 39.2 Å². The maximum absolute atomic E-state index is 12.0. The van der Waals surface area contributed by atoms with Crippen LogP contribution in [0.2, 0.25) is 0 Å². The molecule has 0 unspecified atom stereocenters. The Kier molecular flexibility index (Phi) is 3.71. The zero-order valence-corrected chi connectivity index (χ0v) is 12.0.